The number of hydrogen-bond donors (Lipinski definition) is 6. The van der Waals surface area contributed by atoms with Crippen LogP contribution < -0.4 is 0 Å². The van der Waals surface area contributed by atoms with Crippen molar-refractivity contribution < 1.29 is 44.8 Å². The summed E-state index contributed by atoms with van der Waals surface area (Å²) in [6.07, 6.45) is -12.8. The highest BCUT2D eigenvalue weighted by atomic mass is 16.7. The molecule has 2 fully saturated rings. The van der Waals surface area contributed by atoms with Crippen LogP contribution in [0.25, 0.3) is 0 Å². The van der Waals surface area contributed by atoms with Crippen molar-refractivity contribution in [2.45, 2.75) is 75.3 Å². The van der Waals surface area contributed by atoms with Crippen LogP contribution in [0.4, 0.5) is 0 Å². The van der Waals surface area contributed by atoms with Gasteiger partial charge in [-0.3, -0.25) is 0 Å². The van der Waals surface area contributed by atoms with Crippen LogP contribution in [0.3, 0.4) is 0 Å². The molecule has 2 aliphatic rings. The van der Waals surface area contributed by atoms with Crippen molar-refractivity contribution >= 4 is 0 Å². The molecule has 0 aromatic heterocycles. The van der Waals surface area contributed by atoms with E-state index in [-0.39, 0.29) is 0 Å². The Kier molecular flexibility index (Phi) is 5.19. The quantitative estimate of drug-likeness (QED) is 0.308. The van der Waals surface area contributed by atoms with E-state index in [1.54, 1.807) is 0 Å². The predicted octanol–water partition coefficient (Wildman–Crippen LogP) is -3.34. The maximum absolute atomic E-state index is 9.91. The fourth-order valence-corrected chi connectivity index (χ4v) is 2.49. The van der Waals surface area contributed by atoms with E-state index in [1.165, 1.54) is 13.8 Å². The molecule has 21 heavy (non-hydrogen) atoms. The third-order valence-corrected chi connectivity index (χ3v) is 3.90. The zero-order valence-electron chi connectivity index (χ0n) is 11.7. The summed E-state index contributed by atoms with van der Waals surface area (Å²) in [7, 11) is 0. The molecular weight excluding hydrogens is 288 g/mol. The standard InChI is InChI=1S/C12H22O9/c1-3-5(13)6(14)9(17)12(20-3)21-10-4(2)19-11(18)8(16)7(10)15/h3-18H,1-2H3/t3-,4-,5-,6+,7-,8-,9-,10-,11-,12-/m1/s1. The molecule has 0 bridgehead atoms. The summed E-state index contributed by atoms with van der Waals surface area (Å²) in [5.41, 5.74) is 0. The summed E-state index contributed by atoms with van der Waals surface area (Å²) in [5, 5.41) is 58.0. The number of ether oxygens (including phenoxy) is 3. The Balaban J connectivity index is 2.06. The number of aliphatic hydroxyl groups excluding tert-OH is 6. The Bertz CT molecular complexity index is 354. The average molecular weight is 310 g/mol. The van der Waals surface area contributed by atoms with E-state index < -0.39 is 61.4 Å². The van der Waals surface area contributed by atoms with Gasteiger partial charge in [0.15, 0.2) is 12.6 Å². The highest BCUT2D eigenvalue weighted by molar-refractivity contribution is 4.91. The lowest BCUT2D eigenvalue weighted by atomic mass is 9.98. The lowest BCUT2D eigenvalue weighted by Gasteiger charge is -2.44. The van der Waals surface area contributed by atoms with Gasteiger partial charge in [0.1, 0.15) is 36.6 Å². The van der Waals surface area contributed by atoms with Crippen LogP contribution in [0.15, 0.2) is 0 Å². The van der Waals surface area contributed by atoms with Gasteiger partial charge in [0.2, 0.25) is 0 Å². The molecule has 0 aromatic carbocycles. The highest BCUT2D eigenvalue weighted by Gasteiger charge is 2.48. The van der Waals surface area contributed by atoms with Crippen molar-refractivity contribution in [2.24, 2.45) is 0 Å². The van der Waals surface area contributed by atoms with Crippen molar-refractivity contribution in [1.82, 2.24) is 0 Å². The van der Waals surface area contributed by atoms with Gasteiger partial charge >= 0.3 is 0 Å². The molecule has 2 rings (SSSR count). The Morgan fingerprint density at radius 3 is 1.90 bits per heavy atom. The van der Waals surface area contributed by atoms with Gasteiger partial charge in [-0.15, -0.1) is 0 Å². The van der Waals surface area contributed by atoms with Crippen LogP contribution in [-0.4, -0.2) is 92.1 Å². The molecule has 2 saturated heterocycles. The van der Waals surface area contributed by atoms with Gasteiger partial charge in [-0.25, -0.2) is 0 Å². The Morgan fingerprint density at radius 2 is 1.29 bits per heavy atom. The Labute approximate surface area is 121 Å². The van der Waals surface area contributed by atoms with Gasteiger partial charge in [0.25, 0.3) is 0 Å². The lowest BCUT2D eigenvalue weighted by Crippen LogP contribution is -2.62. The minimum atomic E-state index is -1.57. The molecular formula is C12H22O9. The fourth-order valence-electron chi connectivity index (χ4n) is 2.49. The molecule has 2 heterocycles. The molecule has 10 atom stereocenters. The number of aliphatic hydroxyl groups is 6. The summed E-state index contributed by atoms with van der Waals surface area (Å²) in [4.78, 5) is 0. The summed E-state index contributed by atoms with van der Waals surface area (Å²) in [6, 6.07) is 0. The SMILES string of the molecule is C[C@H]1O[C@H](O[C@H]2[C@H](O)[C@@H](O)[C@H](O)O[C@@H]2C)[C@H](O)[C@@H](O)[C@@H]1O. The Morgan fingerprint density at radius 1 is 0.667 bits per heavy atom. The second-order valence-electron chi connectivity index (χ2n) is 5.50. The van der Waals surface area contributed by atoms with E-state index in [0.29, 0.717) is 0 Å². The van der Waals surface area contributed by atoms with E-state index in [4.69, 9.17) is 14.2 Å². The van der Waals surface area contributed by atoms with Crippen molar-refractivity contribution in [3.8, 4) is 0 Å². The van der Waals surface area contributed by atoms with E-state index in [9.17, 15) is 30.6 Å². The molecule has 0 spiro atoms. The van der Waals surface area contributed by atoms with E-state index in [0.717, 1.165) is 0 Å². The maximum atomic E-state index is 9.91. The smallest absolute Gasteiger partial charge is 0.187 e. The molecule has 0 amide bonds. The van der Waals surface area contributed by atoms with Crippen LogP contribution in [0.2, 0.25) is 0 Å². The van der Waals surface area contributed by atoms with Gasteiger partial charge in [0, 0.05) is 0 Å². The molecule has 9 nitrogen and oxygen atoms in total. The largest absolute Gasteiger partial charge is 0.388 e. The first-order valence-electron chi connectivity index (χ1n) is 6.78. The molecule has 9 heteroatoms. The highest BCUT2D eigenvalue weighted by Crippen LogP contribution is 2.28. The van der Waals surface area contributed by atoms with Gasteiger partial charge in [0.05, 0.1) is 12.2 Å². The third kappa shape index (κ3) is 3.21. The lowest BCUT2D eigenvalue weighted by molar-refractivity contribution is -0.348. The maximum Gasteiger partial charge on any atom is 0.187 e. The molecule has 2 aliphatic heterocycles. The number of rotatable bonds is 2. The van der Waals surface area contributed by atoms with Crippen molar-refractivity contribution in [3.05, 3.63) is 0 Å². The minimum Gasteiger partial charge on any atom is -0.388 e. The summed E-state index contributed by atoms with van der Waals surface area (Å²) >= 11 is 0. The topological polar surface area (TPSA) is 149 Å². The van der Waals surface area contributed by atoms with Gasteiger partial charge in [-0.2, -0.15) is 0 Å². The van der Waals surface area contributed by atoms with Crippen LogP contribution >= 0.6 is 0 Å². The second kappa shape index (κ2) is 6.41. The van der Waals surface area contributed by atoms with Crippen molar-refractivity contribution in [2.75, 3.05) is 0 Å². The zero-order chi connectivity index (χ0) is 15.9. The average Bonchev–Trinajstić information content (AvgIpc) is 2.44. The van der Waals surface area contributed by atoms with Crippen LogP contribution in [0.5, 0.6) is 0 Å². The first kappa shape index (κ1) is 17.0. The van der Waals surface area contributed by atoms with E-state index in [1.807, 2.05) is 0 Å². The molecule has 0 radical (unpaired) electrons. The molecule has 0 unspecified atom stereocenters. The Hall–Kier alpha value is -0.360. The molecule has 0 saturated carbocycles. The van der Waals surface area contributed by atoms with Crippen LogP contribution in [0.1, 0.15) is 13.8 Å². The van der Waals surface area contributed by atoms with Crippen LogP contribution in [-0.2, 0) is 14.2 Å². The molecule has 0 aliphatic carbocycles. The number of hydrogen-bond acceptors (Lipinski definition) is 9. The first-order valence-corrected chi connectivity index (χ1v) is 6.78. The van der Waals surface area contributed by atoms with Crippen molar-refractivity contribution in [3.63, 3.8) is 0 Å². The second-order valence-corrected chi connectivity index (χ2v) is 5.50. The van der Waals surface area contributed by atoms with E-state index in [2.05, 4.69) is 0 Å². The first-order chi connectivity index (χ1) is 9.73. The van der Waals surface area contributed by atoms with Gasteiger partial charge in [-0.1, -0.05) is 0 Å². The normalized spacial score (nSPS) is 55.4. The van der Waals surface area contributed by atoms with Crippen LogP contribution in [0, 0.1) is 0 Å². The molecule has 124 valence electrons. The third-order valence-electron chi connectivity index (χ3n) is 3.90. The predicted molar refractivity (Wildman–Crippen MR) is 65.8 cm³/mol. The summed E-state index contributed by atoms with van der Waals surface area (Å²) < 4.78 is 15.6. The van der Waals surface area contributed by atoms with Gasteiger partial charge < -0.3 is 44.8 Å². The zero-order valence-corrected chi connectivity index (χ0v) is 11.7. The van der Waals surface area contributed by atoms with Gasteiger partial charge in [-0.05, 0) is 13.8 Å². The monoisotopic (exact) mass is 310 g/mol. The summed E-state index contributed by atoms with van der Waals surface area (Å²) in [6.45, 7) is 3.00. The van der Waals surface area contributed by atoms with Crippen molar-refractivity contribution in [1.29, 1.82) is 0 Å². The molecule has 0 aromatic rings. The minimum absolute atomic E-state index is 0.784. The fraction of sp³-hybridized carbons (Fsp3) is 1.00. The molecule has 6 N–H and O–H groups in total. The van der Waals surface area contributed by atoms with E-state index >= 15 is 0 Å². The summed E-state index contributed by atoms with van der Waals surface area (Å²) in [5.74, 6) is 0.